The van der Waals surface area contributed by atoms with Gasteiger partial charge in [-0.2, -0.15) is 11.8 Å². The standard InChI is InChI=1S/C38H65N11O11S/c1-20(2)13-22(15-30(52)49-60)35(56)45-25(16-28(39)50)37(58)46-24(14-21(3)4)36(57)43-17-31(53)42-18-32(54)44-23(34(40)55)9-7-8-12-41-29(51)11-6-5-10-27-33-26(19-61-27)47-38(59)48-33/h20-27,33,60H,5-19H2,1-4H3,(H2,39,50)(H2,40,55)(H,41,51)(H,42,53)(H,43,57)(H,44,54)(H,45,56)(H,46,58)(H,49,52)(H2,47,48,59)/t22?,23-,24-,25-,26-,27-,33-/m0/s1. The number of thioether (sulfide) groups is 1. The predicted molar refractivity (Wildman–Crippen MR) is 223 cm³/mol. The van der Waals surface area contributed by atoms with Gasteiger partial charge in [0.2, 0.25) is 53.2 Å². The third-order valence-corrected chi connectivity index (χ3v) is 11.4. The molecule has 344 valence electrons. The van der Waals surface area contributed by atoms with Gasteiger partial charge in [-0.3, -0.25) is 48.4 Å². The molecule has 2 heterocycles. The predicted octanol–water partition coefficient (Wildman–Crippen LogP) is -2.35. The fraction of sp³-hybridized carbons (Fsp3) is 0.737. The number of fused-ring (bicyclic) bond motifs is 1. The number of nitrogens with one attached hydrogen (secondary N) is 9. The van der Waals surface area contributed by atoms with E-state index in [1.165, 1.54) is 5.48 Å². The first-order chi connectivity index (χ1) is 28.8. The number of unbranched alkanes of at least 4 members (excludes halogenated alkanes) is 2. The first-order valence-electron chi connectivity index (χ1n) is 20.7. The van der Waals surface area contributed by atoms with Crippen LogP contribution in [0.15, 0.2) is 0 Å². The van der Waals surface area contributed by atoms with Crippen molar-refractivity contribution in [2.45, 2.75) is 134 Å². The molecule has 0 aliphatic carbocycles. The number of carbonyl (C=O) groups excluding carboxylic acids is 10. The number of amides is 11. The van der Waals surface area contributed by atoms with Crippen molar-refractivity contribution >= 4 is 71.0 Å². The van der Waals surface area contributed by atoms with E-state index in [4.69, 9.17) is 16.7 Å². The van der Waals surface area contributed by atoms with Crippen LogP contribution in [0.2, 0.25) is 0 Å². The van der Waals surface area contributed by atoms with E-state index in [1.54, 1.807) is 27.7 Å². The Morgan fingerprint density at radius 3 is 2.02 bits per heavy atom. The van der Waals surface area contributed by atoms with E-state index in [1.807, 2.05) is 11.8 Å². The number of hydroxylamine groups is 1. The summed E-state index contributed by atoms with van der Waals surface area (Å²) < 4.78 is 0. The molecule has 0 spiro atoms. The maximum atomic E-state index is 13.3. The minimum atomic E-state index is -1.51. The second-order valence-electron chi connectivity index (χ2n) is 16.2. The molecular weight excluding hydrogens is 819 g/mol. The highest BCUT2D eigenvalue weighted by Crippen LogP contribution is 2.33. The molecule has 0 aromatic carbocycles. The minimum absolute atomic E-state index is 0.0489. The van der Waals surface area contributed by atoms with E-state index in [-0.39, 0.29) is 55.1 Å². The molecule has 0 aromatic rings. The average molecular weight is 884 g/mol. The number of nitrogens with two attached hydrogens (primary N) is 2. The first-order valence-corrected chi connectivity index (χ1v) is 21.7. The van der Waals surface area contributed by atoms with Crippen LogP contribution < -0.4 is 59.5 Å². The largest absolute Gasteiger partial charge is 0.370 e. The lowest BCUT2D eigenvalue weighted by molar-refractivity contribution is -0.138. The van der Waals surface area contributed by atoms with Crippen molar-refractivity contribution in [1.82, 2.24) is 48.0 Å². The van der Waals surface area contributed by atoms with Crippen LogP contribution in [-0.4, -0.2) is 125 Å². The van der Waals surface area contributed by atoms with Gasteiger partial charge in [-0.1, -0.05) is 34.1 Å². The summed E-state index contributed by atoms with van der Waals surface area (Å²) in [6.07, 6.45) is 3.33. The van der Waals surface area contributed by atoms with E-state index in [0.29, 0.717) is 31.1 Å². The summed E-state index contributed by atoms with van der Waals surface area (Å²) in [7, 11) is 0. The van der Waals surface area contributed by atoms with Gasteiger partial charge in [0.05, 0.1) is 31.6 Å². The SMILES string of the molecule is CC(C)CC(CC(=O)NO)C(=O)N[C@@H](CC(N)=O)C(=O)N[C@@H](CC(C)C)C(=O)NCC(=O)NCC(=O)N[C@@H](CCCCNC(=O)CCCC[C@@H]1SC[C@@H]2NC(=O)N[C@@H]21)C(N)=O. The first kappa shape index (κ1) is 51.9. The fourth-order valence-corrected chi connectivity index (χ4v) is 8.47. The number of urea groups is 1. The van der Waals surface area contributed by atoms with E-state index >= 15 is 0 Å². The zero-order valence-corrected chi connectivity index (χ0v) is 36.2. The van der Waals surface area contributed by atoms with Crippen LogP contribution in [-0.2, 0) is 43.2 Å². The quantitative estimate of drug-likeness (QED) is 0.0163. The van der Waals surface area contributed by atoms with Gasteiger partial charge < -0.3 is 54.0 Å². The van der Waals surface area contributed by atoms with Crippen LogP contribution in [0.1, 0.15) is 98.3 Å². The summed E-state index contributed by atoms with van der Waals surface area (Å²) in [5.41, 5.74) is 12.3. The van der Waals surface area contributed by atoms with Gasteiger partial charge in [-0.05, 0) is 56.8 Å². The summed E-state index contributed by atoms with van der Waals surface area (Å²) in [6.45, 7) is 6.38. The van der Waals surface area contributed by atoms with Gasteiger partial charge in [0.1, 0.15) is 18.1 Å². The fourth-order valence-electron chi connectivity index (χ4n) is 6.92. The molecule has 0 bridgehead atoms. The molecule has 7 atom stereocenters. The summed E-state index contributed by atoms with van der Waals surface area (Å²) in [5.74, 6) is -6.82. The smallest absolute Gasteiger partial charge is 0.315 e. The molecule has 2 rings (SSSR count). The molecule has 2 fully saturated rings. The summed E-state index contributed by atoms with van der Waals surface area (Å²) >= 11 is 1.83. The van der Waals surface area contributed by atoms with Gasteiger partial charge >= 0.3 is 6.03 Å². The Labute approximate surface area is 359 Å². The van der Waals surface area contributed by atoms with E-state index in [9.17, 15) is 47.9 Å². The van der Waals surface area contributed by atoms with Gasteiger partial charge in [-0.25, -0.2) is 10.3 Å². The number of rotatable bonds is 29. The highest BCUT2D eigenvalue weighted by molar-refractivity contribution is 8.00. The third-order valence-electron chi connectivity index (χ3n) is 9.93. The number of hydrogen-bond donors (Lipinski definition) is 12. The normalized spacial score (nSPS) is 18.6. The molecular formula is C38H65N11O11S. The Hall–Kier alpha value is -5.19. The molecule has 2 aliphatic heterocycles. The maximum Gasteiger partial charge on any atom is 0.315 e. The van der Waals surface area contributed by atoms with Crippen molar-refractivity contribution in [2.75, 3.05) is 25.4 Å². The lowest BCUT2D eigenvalue weighted by Gasteiger charge is -2.25. The second kappa shape index (κ2) is 26.9. The van der Waals surface area contributed by atoms with Gasteiger partial charge in [0.15, 0.2) is 0 Å². The van der Waals surface area contributed by atoms with Crippen molar-refractivity contribution in [2.24, 2.45) is 29.2 Å². The van der Waals surface area contributed by atoms with Crippen molar-refractivity contribution in [1.29, 1.82) is 0 Å². The minimum Gasteiger partial charge on any atom is -0.370 e. The van der Waals surface area contributed by atoms with Crippen molar-refractivity contribution in [3.63, 3.8) is 0 Å². The molecule has 2 saturated heterocycles. The molecule has 61 heavy (non-hydrogen) atoms. The maximum absolute atomic E-state index is 13.3. The van der Waals surface area contributed by atoms with Gasteiger partial charge in [0, 0.05) is 36.3 Å². The van der Waals surface area contributed by atoms with E-state index < -0.39 is 97.2 Å². The molecule has 14 N–H and O–H groups in total. The zero-order valence-electron chi connectivity index (χ0n) is 35.4. The van der Waals surface area contributed by atoms with E-state index in [0.717, 1.165) is 25.0 Å². The highest BCUT2D eigenvalue weighted by atomic mass is 32.2. The zero-order chi connectivity index (χ0) is 45.6. The molecule has 23 heteroatoms. The summed E-state index contributed by atoms with van der Waals surface area (Å²) in [4.78, 5) is 124. The second-order valence-corrected chi connectivity index (χ2v) is 17.5. The molecule has 0 saturated carbocycles. The van der Waals surface area contributed by atoms with Crippen molar-refractivity contribution in [3.8, 4) is 0 Å². The number of carbonyl (C=O) groups is 10. The van der Waals surface area contributed by atoms with Crippen molar-refractivity contribution < 1.29 is 53.2 Å². The number of hydrogen-bond acceptors (Lipinski definition) is 12. The van der Waals surface area contributed by atoms with Crippen LogP contribution in [0.5, 0.6) is 0 Å². The summed E-state index contributed by atoms with van der Waals surface area (Å²) in [6, 6.07) is -3.59. The molecule has 2 aliphatic rings. The Bertz CT molecular complexity index is 1570. The lowest BCUT2D eigenvalue weighted by Crippen LogP contribution is -2.56. The topological polar surface area (TPSA) is 351 Å². The molecule has 22 nitrogen and oxygen atoms in total. The average Bonchev–Trinajstić information content (AvgIpc) is 3.74. The number of primary amides is 2. The Morgan fingerprint density at radius 1 is 0.705 bits per heavy atom. The van der Waals surface area contributed by atoms with Crippen LogP contribution in [0.4, 0.5) is 4.79 Å². The molecule has 0 aromatic heterocycles. The van der Waals surface area contributed by atoms with Crippen molar-refractivity contribution in [3.05, 3.63) is 0 Å². The van der Waals surface area contributed by atoms with Gasteiger partial charge in [0.25, 0.3) is 0 Å². The van der Waals surface area contributed by atoms with E-state index in [2.05, 4.69) is 42.5 Å². The van der Waals surface area contributed by atoms with Crippen LogP contribution >= 0.6 is 11.8 Å². The van der Waals surface area contributed by atoms with Gasteiger partial charge in [-0.15, -0.1) is 0 Å². The monoisotopic (exact) mass is 883 g/mol. The molecule has 1 unspecified atom stereocenters. The third kappa shape index (κ3) is 20.3. The lowest BCUT2D eigenvalue weighted by atomic mass is 9.92. The Morgan fingerprint density at radius 2 is 1.38 bits per heavy atom. The molecule has 0 radical (unpaired) electrons. The molecule has 11 amide bonds. The Balaban J connectivity index is 1.76. The Kier molecular flexibility index (Phi) is 22.9. The van der Waals surface area contributed by atoms with Crippen LogP contribution in [0.25, 0.3) is 0 Å². The van der Waals surface area contributed by atoms with Crippen LogP contribution in [0, 0.1) is 17.8 Å². The van der Waals surface area contributed by atoms with Crippen LogP contribution in [0.3, 0.4) is 0 Å². The summed E-state index contributed by atoms with van der Waals surface area (Å²) in [5, 5.41) is 30.1. The highest BCUT2D eigenvalue weighted by Gasteiger charge is 2.42.